The van der Waals surface area contributed by atoms with E-state index in [9.17, 15) is 10.3 Å². The lowest BCUT2D eigenvalue weighted by atomic mass is 10.0. The van der Waals surface area contributed by atoms with E-state index >= 15 is 0 Å². The number of rotatable bonds is 5. The minimum atomic E-state index is -0.540. The molecule has 0 amide bonds. The first-order valence-corrected chi connectivity index (χ1v) is 9.90. The quantitative estimate of drug-likeness (QED) is 0.478. The smallest absolute Gasteiger partial charge is 0.130 e. The van der Waals surface area contributed by atoms with Crippen LogP contribution in [0, 0.1) is 6.92 Å². The molecule has 2 aliphatic rings. The zero-order chi connectivity index (χ0) is 16.4. The number of fused-ring (bicyclic) bond motifs is 1. The van der Waals surface area contributed by atoms with Crippen LogP contribution in [0.1, 0.15) is 24.0 Å². The molecule has 1 aromatic carbocycles. The van der Waals surface area contributed by atoms with E-state index in [-0.39, 0.29) is 6.10 Å². The van der Waals surface area contributed by atoms with Gasteiger partial charge in [0.15, 0.2) is 0 Å². The van der Waals surface area contributed by atoms with Crippen molar-refractivity contribution in [1.29, 1.82) is 0 Å². The van der Waals surface area contributed by atoms with Gasteiger partial charge in [0.2, 0.25) is 0 Å². The Bertz CT molecular complexity index is 550. The fourth-order valence-electron chi connectivity index (χ4n) is 3.20. The van der Waals surface area contributed by atoms with Crippen molar-refractivity contribution < 1.29 is 15.1 Å². The number of ether oxygens (including phenoxy) is 1. The van der Waals surface area contributed by atoms with E-state index in [4.69, 9.17) is 4.74 Å². The van der Waals surface area contributed by atoms with Crippen LogP contribution >= 0.6 is 22.5 Å². The van der Waals surface area contributed by atoms with Gasteiger partial charge in [-0.1, -0.05) is 10.8 Å². The molecular weight excluding hydrogens is 332 g/mol. The summed E-state index contributed by atoms with van der Waals surface area (Å²) in [7, 11) is 1.44. The van der Waals surface area contributed by atoms with Crippen LogP contribution in [-0.4, -0.2) is 53.3 Å². The maximum absolute atomic E-state index is 10.4. The highest BCUT2D eigenvalue weighted by atomic mass is 33.1. The van der Waals surface area contributed by atoms with Crippen LogP contribution in [-0.2, 0) is 6.42 Å². The summed E-state index contributed by atoms with van der Waals surface area (Å²) in [6.07, 6.45) is 1.79. The summed E-state index contributed by atoms with van der Waals surface area (Å²) in [5, 5.41) is 24.6. The van der Waals surface area contributed by atoms with Crippen LogP contribution in [0.25, 0.3) is 0 Å². The van der Waals surface area contributed by atoms with Crippen LogP contribution in [0.5, 0.6) is 5.75 Å². The number of benzene rings is 1. The third kappa shape index (κ3) is 4.15. The van der Waals surface area contributed by atoms with Gasteiger partial charge in [0.25, 0.3) is 0 Å². The molecule has 0 bridgehead atoms. The Morgan fingerprint density at radius 2 is 2.17 bits per heavy atom. The van der Waals surface area contributed by atoms with Gasteiger partial charge < -0.3 is 20.4 Å². The molecule has 5 nitrogen and oxygen atoms in total. The molecule has 128 valence electrons. The van der Waals surface area contributed by atoms with Gasteiger partial charge in [0, 0.05) is 37.0 Å². The van der Waals surface area contributed by atoms with Crippen LogP contribution in [0.4, 0.5) is 0 Å². The maximum atomic E-state index is 10.4. The second-order valence-electron chi connectivity index (χ2n) is 6.38. The molecule has 0 saturated carbocycles. The van der Waals surface area contributed by atoms with E-state index < -0.39 is 6.10 Å². The number of aliphatic hydroxyl groups excluding tert-OH is 1. The van der Waals surface area contributed by atoms with Gasteiger partial charge in [-0.25, -0.2) is 0 Å². The summed E-state index contributed by atoms with van der Waals surface area (Å²) in [4.78, 5) is 1.14. The number of hydroxylamine groups is 2. The third-order valence-corrected chi connectivity index (χ3v) is 5.90. The molecule has 0 aliphatic carbocycles. The molecule has 3 rings (SSSR count). The predicted octanol–water partition coefficient (Wildman–Crippen LogP) is 2.04. The van der Waals surface area contributed by atoms with E-state index in [2.05, 4.69) is 23.0 Å². The van der Waals surface area contributed by atoms with Crippen molar-refractivity contribution in [3.8, 4) is 5.75 Å². The Kier molecular flexibility index (Phi) is 5.77. The molecule has 2 unspecified atom stereocenters. The number of nitrogens with zero attached hydrogens (tertiary/aromatic N) is 1. The van der Waals surface area contributed by atoms with Gasteiger partial charge in [-0.15, -0.1) is 11.7 Å². The summed E-state index contributed by atoms with van der Waals surface area (Å²) in [6, 6.07) is 4.50. The molecule has 0 radical (unpaired) electrons. The van der Waals surface area contributed by atoms with Crippen molar-refractivity contribution in [2.75, 3.05) is 19.6 Å². The number of aliphatic hydroxyl groups is 1. The highest BCUT2D eigenvalue weighted by molar-refractivity contribution is 8.68. The fourth-order valence-corrected chi connectivity index (χ4v) is 4.18. The van der Waals surface area contributed by atoms with E-state index in [1.54, 1.807) is 0 Å². The Labute approximate surface area is 146 Å². The van der Waals surface area contributed by atoms with Crippen molar-refractivity contribution in [2.45, 2.75) is 49.3 Å². The summed E-state index contributed by atoms with van der Waals surface area (Å²) < 4.78 is 5.93. The molecule has 3 N–H and O–H groups in total. The lowest BCUT2D eigenvalue weighted by molar-refractivity contribution is -0.108. The summed E-state index contributed by atoms with van der Waals surface area (Å²) in [6.45, 7) is 3.92. The van der Waals surface area contributed by atoms with Crippen molar-refractivity contribution in [3.63, 3.8) is 0 Å². The molecule has 1 saturated heterocycles. The summed E-state index contributed by atoms with van der Waals surface area (Å²) in [5.41, 5.74) is 2.29. The van der Waals surface area contributed by atoms with Crippen LogP contribution in [0.15, 0.2) is 17.0 Å². The molecule has 1 fully saturated rings. The van der Waals surface area contributed by atoms with Gasteiger partial charge in [-0.2, -0.15) is 5.06 Å². The van der Waals surface area contributed by atoms with Crippen LogP contribution in [0.2, 0.25) is 0 Å². The van der Waals surface area contributed by atoms with E-state index in [1.165, 1.54) is 15.9 Å². The molecular formula is C16H24N2O3S2. The van der Waals surface area contributed by atoms with Crippen molar-refractivity contribution in [1.82, 2.24) is 10.4 Å². The zero-order valence-corrected chi connectivity index (χ0v) is 14.9. The number of piperidine rings is 1. The summed E-state index contributed by atoms with van der Waals surface area (Å²) in [5.74, 6) is 0.881. The predicted molar refractivity (Wildman–Crippen MR) is 94.5 cm³/mol. The van der Waals surface area contributed by atoms with Gasteiger partial charge in [0.1, 0.15) is 18.0 Å². The number of thiol groups is 1. The lowest BCUT2D eigenvalue weighted by Crippen LogP contribution is -2.46. The van der Waals surface area contributed by atoms with E-state index in [0.717, 1.165) is 41.0 Å². The standard InChI is InChI=1S/C16H24N2O3S2/c1-10-6-14-11(8-16(10)23-22)7-15(21-14)13(19)9-17-12-2-4-18(20)5-3-12/h6,8,12-13,15,17,19-20,22H,2-5,7,9H2,1H3. The second-order valence-corrected chi connectivity index (χ2v) is 7.55. The fraction of sp³-hybridized carbons (Fsp3) is 0.625. The highest BCUT2D eigenvalue weighted by Gasteiger charge is 2.30. The van der Waals surface area contributed by atoms with Gasteiger partial charge in [-0.3, -0.25) is 0 Å². The largest absolute Gasteiger partial charge is 0.487 e. The minimum absolute atomic E-state index is 0.199. The number of hydrogen-bond acceptors (Lipinski definition) is 7. The van der Waals surface area contributed by atoms with Gasteiger partial charge in [0.05, 0.1) is 0 Å². The summed E-state index contributed by atoms with van der Waals surface area (Å²) >= 11 is 4.28. The van der Waals surface area contributed by atoms with Gasteiger partial charge in [-0.05, 0) is 43.0 Å². The van der Waals surface area contributed by atoms with Crippen molar-refractivity contribution in [3.05, 3.63) is 23.3 Å². The topological polar surface area (TPSA) is 65.0 Å². The zero-order valence-electron chi connectivity index (χ0n) is 13.2. The van der Waals surface area contributed by atoms with E-state index in [1.807, 2.05) is 13.0 Å². The monoisotopic (exact) mass is 356 g/mol. The second kappa shape index (κ2) is 7.63. The van der Waals surface area contributed by atoms with Crippen molar-refractivity contribution in [2.24, 2.45) is 0 Å². The molecule has 0 spiro atoms. The average molecular weight is 357 g/mol. The number of aryl methyl sites for hydroxylation is 1. The first-order chi connectivity index (χ1) is 11.1. The first kappa shape index (κ1) is 17.4. The minimum Gasteiger partial charge on any atom is -0.487 e. The van der Waals surface area contributed by atoms with Crippen LogP contribution < -0.4 is 10.1 Å². The van der Waals surface area contributed by atoms with E-state index in [0.29, 0.717) is 25.7 Å². The normalized spacial score (nSPS) is 23.6. The average Bonchev–Trinajstić information content (AvgIpc) is 2.96. The molecule has 1 aromatic rings. The molecule has 2 atom stereocenters. The lowest BCUT2D eigenvalue weighted by Gasteiger charge is -2.29. The highest BCUT2D eigenvalue weighted by Crippen LogP contribution is 2.36. The van der Waals surface area contributed by atoms with Crippen molar-refractivity contribution >= 4 is 22.5 Å². The molecule has 2 heterocycles. The number of hydrogen-bond donors (Lipinski definition) is 4. The Morgan fingerprint density at radius 3 is 2.87 bits per heavy atom. The SMILES string of the molecule is Cc1cc2c(cc1SS)CC(C(O)CNC1CCN(O)CC1)O2. The molecule has 2 aliphatic heterocycles. The molecule has 23 heavy (non-hydrogen) atoms. The third-order valence-electron chi connectivity index (χ3n) is 4.67. The number of nitrogens with one attached hydrogen (secondary N) is 1. The maximum Gasteiger partial charge on any atom is 0.130 e. The Hall–Kier alpha value is -0.440. The molecule has 0 aromatic heterocycles. The van der Waals surface area contributed by atoms with Gasteiger partial charge >= 0.3 is 0 Å². The molecule has 7 heteroatoms. The Balaban J connectivity index is 1.52. The first-order valence-electron chi connectivity index (χ1n) is 8.03. The Morgan fingerprint density at radius 1 is 1.43 bits per heavy atom. The van der Waals surface area contributed by atoms with Crippen LogP contribution in [0.3, 0.4) is 0 Å².